The van der Waals surface area contributed by atoms with Crippen LogP contribution in [0.2, 0.25) is 0 Å². The van der Waals surface area contributed by atoms with Gasteiger partial charge in [-0.15, -0.1) is 0 Å². The van der Waals surface area contributed by atoms with E-state index in [9.17, 15) is 34.8 Å². The van der Waals surface area contributed by atoms with Crippen LogP contribution in [0.1, 0.15) is 21.5 Å². The first-order valence-corrected chi connectivity index (χ1v) is 9.75. The number of nitrogens with two attached hydrogens (primary N) is 1. The predicted molar refractivity (Wildman–Crippen MR) is 109 cm³/mol. The van der Waals surface area contributed by atoms with E-state index in [0.29, 0.717) is 21.4 Å². The molecule has 31 heavy (non-hydrogen) atoms. The van der Waals surface area contributed by atoms with Crippen LogP contribution in [0.25, 0.3) is 10.8 Å². The molecule has 7 N–H and O–H groups in total. The van der Waals surface area contributed by atoms with E-state index in [1.807, 2.05) is 0 Å². The van der Waals surface area contributed by atoms with Crippen molar-refractivity contribution >= 4 is 28.2 Å². The lowest BCUT2D eigenvalue weighted by molar-refractivity contribution is -0.880. The SMILES string of the molecule is Cc1c2c(c(O)c3c(O)cccc13)C(=O)[C@@]1(O)C(O)=C(C(N)=O)C(=O)[C@H]([NH+](C)C)[C@@H]1C2. The van der Waals surface area contributed by atoms with Gasteiger partial charge >= 0.3 is 0 Å². The van der Waals surface area contributed by atoms with E-state index < -0.39 is 52.1 Å². The molecule has 162 valence electrons. The third-order valence-electron chi connectivity index (χ3n) is 6.61. The largest absolute Gasteiger partial charge is 0.508 e. The van der Waals surface area contributed by atoms with E-state index in [0.717, 1.165) is 0 Å². The smallest absolute Gasteiger partial charge is 0.256 e. The molecule has 0 saturated heterocycles. The molecule has 0 bridgehead atoms. The Labute approximate surface area is 177 Å². The van der Waals surface area contributed by atoms with Crippen molar-refractivity contribution in [3.63, 3.8) is 0 Å². The lowest BCUT2D eigenvalue weighted by Crippen LogP contribution is -3.13. The first kappa shape index (κ1) is 20.8. The van der Waals surface area contributed by atoms with Crippen molar-refractivity contribution in [1.29, 1.82) is 0 Å². The van der Waals surface area contributed by atoms with Gasteiger partial charge in [0.2, 0.25) is 11.6 Å². The number of primary amides is 1. The summed E-state index contributed by atoms with van der Waals surface area (Å²) in [7, 11) is 3.26. The van der Waals surface area contributed by atoms with Crippen LogP contribution in [-0.2, 0) is 16.0 Å². The molecule has 4 rings (SSSR count). The number of benzene rings is 2. The van der Waals surface area contributed by atoms with Crippen LogP contribution in [0.3, 0.4) is 0 Å². The average molecular weight is 427 g/mol. The topological polar surface area (TPSA) is 163 Å². The summed E-state index contributed by atoms with van der Waals surface area (Å²) < 4.78 is 0. The Morgan fingerprint density at radius 3 is 2.42 bits per heavy atom. The second-order valence-corrected chi connectivity index (χ2v) is 8.44. The fourth-order valence-corrected chi connectivity index (χ4v) is 5.14. The van der Waals surface area contributed by atoms with E-state index >= 15 is 0 Å². The van der Waals surface area contributed by atoms with Crippen LogP contribution < -0.4 is 10.6 Å². The van der Waals surface area contributed by atoms with E-state index in [2.05, 4.69) is 0 Å². The van der Waals surface area contributed by atoms with E-state index in [1.54, 1.807) is 33.2 Å². The molecule has 0 fully saturated rings. The molecule has 2 aliphatic rings. The number of aromatic hydroxyl groups is 2. The van der Waals surface area contributed by atoms with Crippen LogP contribution in [0, 0.1) is 12.8 Å². The van der Waals surface area contributed by atoms with Crippen LogP contribution in [0.4, 0.5) is 0 Å². The number of nitrogens with one attached hydrogen (secondary N) is 1. The minimum Gasteiger partial charge on any atom is -0.508 e. The van der Waals surface area contributed by atoms with Crippen LogP contribution in [-0.4, -0.2) is 63.6 Å². The van der Waals surface area contributed by atoms with Gasteiger partial charge in [0.1, 0.15) is 22.8 Å². The zero-order chi connectivity index (χ0) is 23.0. The molecule has 1 amide bonds. The van der Waals surface area contributed by atoms with Crippen molar-refractivity contribution in [3.05, 3.63) is 46.2 Å². The van der Waals surface area contributed by atoms with Crippen LogP contribution in [0.15, 0.2) is 29.5 Å². The second-order valence-electron chi connectivity index (χ2n) is 8.44. The molecule has 9 nitrogen and oxygen atoms in total. The normalized spacial score (nSPS) is 25.7. The lowest BCUT2D eigenvalue weighted by Gasteiger charge is -2.45. The number of hydrogen-bond donors (Lipinski definition) is 6. The van der Waals surface area contributed by atoms with Crippen LogP contribution in [0.5, 0.6) is 11.5 Å². The number of hydrogen-bond acceptors (Lipinski definition) is 7. The maximum absolute atomic E-state index is 13.6. The Morgan fingerprint density at radius 1 is 1.19 bits per heavy atom. The van der Waals surface area contributed by atoms with E-state index in [1.165, 1.54) is 6.07 Å². The monoisotopic (exact) mass is 427 g/mol. The first-order chi connectivity index (χ1) is 14.4. The summed E-state index contributed by atoms with van der Waals surface area (Å²) in [5.41, 5.74) is 2.58. The molecular weight excluding hydrogens is 404 g/mol. The zero-order valence-corrected chi connectivity index (χ0v) is 17.2. The highest BCUT2D eigenvalue weighted by atomic mass is 16.3. The third-order valence-corrected chi connectivity index (χ3v) is 6.61. The van der Waals surface area contributed by atoms with Gasteiger partial charge in [0, 0.05) is 0 Å². The first-order valence-electron chi connectivity index (χ1n) is 9.75. The van der Waals surface area contributed by atoms with Gasteiger partial charge in [0.25, 0.3) is 5.91 Å². The second kappa shape index (κ2) is 6.53. The molecule has 0 heterocycles. The molecule has 3 atom stereocenters. The van der Waals surface area contributed by atoms with E-state index in [-0.39, 0.29) is 23.1 Å². The van der Waals surface area contributed by atoms with Crippen molar-refractivity contribution in [1.82, 2.24) is 0 Å². The predicted octanol–water partition coefficient (Wildman–Crippen LogP) is -0.961. The fourth-order valence-electron chi connectivity index (χ4n) is 5.14. The minimum absolute atomic E-state index is 0.0275. The number of quaternary nitrogens is 1. The Kier molecular flexibility index (Phi) is 4.39. The van der Waals surface area contributed by atoms with Crippen molar-refractivity contribution in [2.24, 2.45) is 11.7 Å². The molecule has 2 aromatic carbocycles. The van der Waals surface area contributed by atoms with Gasteiger partial charge in [0.15, 0.2) is 11.6 Å². The summed E-state index contributed by atoms with van der Waals surface area (Å²) in [5.74, 6) is -6.05. The summed E-state index contributed by atoms with van der Waals surface area (Å²) >= 11 is 0. The summed E-state index contributed by atoms with van der Waals surface area (Å²) in [5, 5.41) is 44.0. The number of Topliss-reactive ketones (excluding diaryl/α,β-unsaturated/α-hetero) is 2. The number of phenolic OH excluding ortho intramolecular Hbond substituents is 2. The number of phenols is 2. The fraction of sp³-hybridized carbons (Fsp3) is 0.318. The zero-order valence-electron chi connectivity index (χ0n) is 17.2. The number of aliphatic hydroxyl groups excluding tert-OH is 1. The number of likely N-dealkylation sites (N-methyl/N-ethyl adjacent to an activating group) is 1. The van der Waals surface area contributed by atoms with E-state index in [4.69, 9.17) is 5.73 Å². The Balaban J connectivity index is 2.11. The third kappa shape index (κ3) is 2.47. The highest BCUT2D eigenvalue weighted by Crippen LogP contribution is 2.49. The van der Waals surface area contributed by atoms with Gasteiger partial charge in [-0.2, -0.15) is 0 Å². The molecule has 0 aromatic heterocycles. The highest BCUT2D eigenvalue weighted by molar-refractivity contribution is 6.24. The molecule has 0 unspecified atom stereocenters. The number of aliphatic hydroxyl groups is 2. The van der Waals surface area contributed by atoms with Gasteiger partial charge in [-0.3, -0.25) is 14.4 Å². The summed E-state index contributed by atoms with van der Waals surface area (Å²) in [6.07, 6.45) is -0.0275. The van der Waals surface area contributed by atoms with Gasteiger partial charge in [-0.25, -0.2) is 0 Å². The Hall–Kier alpha value is -3.43. The summed E-state index contributed by atoms with van der Waals surface area (Å²) in [6.45, 7) is 1.71. The van der Waals surface area contributed by atoms with Gasteiger partial charge in [-0.1, -0.05) is 12.1 Å². The van der Waals surface area contributed by atoms with Crippen LogP contribution >= 0.6 is 0 Å². The van der Waals surface area contributed by atoms with Gasteiger partial charge in [0.05, 0.1) is 31.0 Å². The molecule has 0 spiro atoms. The quantitative estimate of drug-likeness (QED) is 0.336. The number of amides is 1. The Bertz CT molecular complexity index is 1230. The molecular formula is C22H23N2O7+. The standard InChI is InChI=1S/C22H22N2O7/c1-8-9-5-4-6-12(25)13(9)17(26)14-10(8)7-11-16(24(2)3)18(27)15(21(23)30)20(29)22(11,31)19(14)28/h4-6,11,16,25-26,29,31H,7H2,1-3H3,(H2,23,30)/p+1/t11-,16+,22+/m0/s1. The number of rotatable bonds is 2. The number of ketones is 2. The van der Waals surface area contributed by atoms with Gasteiger partial charge < -0.3 is 31.1 Å². The number of fused-ring (bicyclic) bond motifs is 3. The van der Waals surface area contributed by atoms with Crippen molar-refractivity contribution in [2.75, 3.05) is 14.1 Å². The summed E-state index contributed by atoms with van der Waals surface area (Å²) in [4.78, 5) is 39.1. The maximum atomic E-state index is 13.6. The molecule has 0 saturated carbocycles. The molecule has 0 radical (unpaired) electrons. The minimum atomic E-state index is -2.63. The number of carbonyl (C=O) groups is 3. The Morgan fingerprint density at radius 2 is 1.84 bits per heavy atom. The highest BCUT2D eigenvalue weighted by Gasteiger charge is 2.64. The summed E-state index contributed by atoms with van der Waals surface area (Å²) in [6, 6.07) is 3.59. The molecule has 2 aliphatic carbocycles. The molecule has 9 heteroatoms. The maximum Gasteiger partial charge on any atom is 0.256 e. The van der Waals surface area contributed by atoms with Crippen molar-refractivity contribution in [3.8, 4) is 11.5 Å². The van der Waals surface area contributed by atoms with Gasteiger partial charge in [-0.05, 0) is 35.9 Å². The number of carbonyl (C=O) groups excluding carboxylic acids is 3. The molecule has 0 aliphatic heterocycles. The van der Waals surface area contributed by atoms with Crippen molar-refractivity contribution < 1.29 is 39.7 Å². The average Bonchev–Trinajstić information content (AvgIpc) is 2.68. The number of aryl methyl sites for hydroxylation is 1. The molecule has 2 aromatic rings. The lowest BCUT2D eigenvalue weighted by atomic mass is 9.61. The van der Waals surface area contributed by atoms with Crippen molar-refractivity contribution in [2.45, 2.75) is 25.0 Å².